The van der Waals surface area contributed by atoms with Crippen molar-refractivity contribution in [1.82, 2.24) is 9.55 Å². The van der Waals surface area contributed by atoms with Gasteiger partial charge in [0.2, 0.25) is 0 Å². The molecule has 3 heterocycles. The van der Waals surface area contributed by atoms with Crippen molar-refractivity contribution in [2.24, 2.45) is 0 Å². The van der Waals surface area contributed by atoms with Crippen molar-refractivity contribution in [1.29, 1.82) is 0 Å². The van der Waals surface area contributed by atoms with Gasteiger partial charge < -0.3 is 9.47 Å². The maximum absolute atomic E-state index is 5.23. The highest BCUT2D eigenvalue weighted by molar-refractivity contribution is 6.15. The average molecular weight is 740 g/mol. The first kappa shape index (κ1) is 33.6. The third kappa shape index (κ3) is 5.64. The second-order valence-corrected chi connectivity index (χ2v) is 14.7. The van der Waals surface area contributed by atoms with Gasteiger partial charge in [0.25, 0.3) is 0 Å². The molecule has 0 atom stereocenters. The monoisotopic (exact) mass is 739 g/mol. The first-order valence-electron chi connectivity index (χ1n) is 19.8. The fourth-order valence-corrected chi connectivity index (χ4v) is 8.72. The van der Waals surface area contributed by atoms with Crippen molar-refractivity contribution in [2.75, 3.05) is 4.90 Å². The maximum atomic E-state index is 5.23. The lowest BCUT2D eigenvalue weighted by atomic mass is 9.96. The minimum absolute atomic E-state index is 0.938. The van der Waals surface area contributed by atoms with E-state index in [9.17, 15) is 0 Å². The number of nitrogens with zero attached hydrogens (tertiary/aromatic N) is 3. The summed E-state index contributed by atoms with van der Waals surface area (Å²) in [5.74, 6) is 0. The smallest absolute Gasteiger partial charge is 0.0715 e. The molecule has 0 amide bonds. The number of para-hydroxylation sites is 4. The van der Waals surface area contributed by atoms with Gasteiger partial charge in [-0.1, -0.05) is 176 Å². The van der Waals surface area contributed by atoms with Crippen molar-refractivity contribution in [3.05, 3.63) is 224 Å². The predicted molar refractivity (Wildman–Crippen MR) is 242 cm³/mol. The molecule has 3 nitrogen and oxygen atoms in total. The molecule has 3 heteroatoms. The zero-order chi connectivity index (χ0) is 38.4. The van der Waals surface area contributed by atoms with Crippen LogP contribution in [-0.4, -0.2) is 9.55 Å². The molecule has 0 spiro atoms. The number of benzene rings is 8. The molecule has 0 radical (unpaired) electrons. The number of rotatable bonds is 6. The summed E-state index contributed by atoms with van der Waals surface area (Å²) in [6, 6.07) is 80.4. The summed E-state index contributed by atoms with van der Waals surface area (Å²) in [5, 5.41) is 1.22. The Balaban J connectivity index is 1.12. The van der Waals surface area contributed by atoms with Gasteiger partial charge in [-0.05, 0) is 65.2 Å². The van der Waals surface area contributed by atoms with Crippen LogP contribution in [0.2, 0.25) is 0 Å². The Morgan fingerprint density at radius 1 is 0.328 bits per heavy atom. The van der Waals surface area contributed by atoms with E-state index in [0.29, 0.717) is 0 Å². The number of anilines is 3. The second-order valence-electron chi connectivity index (χ2n) is 14.7. The summed E-state index contributed by atoms with van der Waals surface area (Å²) in [4.78, 5) is 7.66. The number of fused-ring (bicyclic) bond motifs is 7. The molecule has 11 rings (SSSR count). The standard InChI is InChI=1S/C55H37N3/c1-5-18-38(19-6-1)42-36-49(40-22-9-3-10-23-40)56-50(37-42)41-32-34-44(35-33-41)57-51-30-15-13-26-46(51)53-48-29-17-28-45(39-20-7-2-8-21-39)54(48)58(43-24-11-4-12-25-43)55(53)47-27-14-16-31-52(47)57/h1-37H. The van der Waals surface area contributed by atoms with Crippen LogP contribution in [0.4, 0.5) is 17.1 Å². The minimum atomic E-state index is 0.938. The summed E-state index contributed by atoms with van der Waals surface area (Å²) in [6.07, 6.45) is 0. The highest BCUT2D eigenvalue weighted by Gasteiger charge is 2.32. The van der Waals surface area contributed by atoms with Crippen LogP contribution in [0.3, 0.4) is 0 Å². The largest absolute Gasteiger partial charge is 0.309 e. The fourth-order valence-electron chi connectivity index (χ4n) is 8.72. The molecule has 0 saturated heterocycles. The van der Waals surface area contributed by atoms with E-state index >= 15 is 0 Å². The van der Waals surface area contributed by atoms with E-state index < -0.39 is 0 Å². The zero-order valence-corrected chi connectivity index (χ0v) is 31.7. The first-order chi connectivity index (χ1) is 28.8. The van der Waals surface area contributed by atoms with E-state index in [4.69, 9.17) is 4.98 Å². The van der Waals surface area contributed by atoms with E-state index in [0.717, 1.165) is 50.8 Å². The Labute approximate surface area is 338 Å². The number of pyridine rings is 1. The molecule has 0 N–H and O–H groups in total. The molecule has 272 valence electrons. The van der Waals surface area contributed by atoms with Crippen molar-refractivity contribution in [3.63, 3.8) is 0 Å². The van der Waals surface area contributed by atoms with Crippen LogP contribution in [0, 0.1) is 0 Å². The quantitative estimate of drug-likeness (QED) is 0.169. The number of hydrogen-bond donors (Lipinski definition) is 0. The van der Waals surface area contributed by atoms with Crippen LogP contribution in [-0.2, 0) is 0 Å². The van der Waals surface area contributed by atoms with Crippen molar-refractivity contribution >= 4 is 28.0 Å². The van der Waals surface area contributed by atoms with Gasteiger partial charge in [-0.25, -0.2) is 4.98 Å². The lowest BCUT2D eigenvalue weighted by Crippen LogP contribution is -2.11. The van der Waals surface area contributed by atoms with Crippen molar-refractivity contribution in [3.8, 4) is 72.8 Å². The van der Waals surface area contributed by atoms with Gasteiger partial charge in [0.15, 0.2) is 0 Å². The van der Waals surface area contributed by atoms with Crippen LogP contribution in [0.1, 0.15) is 0 Å². The van der Waals surface area contributed by atoms with E-state index in [1.54, 1.807) is 0 Å². The Hall–Kier alpha value is -7.75. The molecule has 1 aliphatic rings. The van der Waals surface area contributed by atoms with Gasteiger partial charge in [-0.15, -0.1) is 0 Å². The third-order valence-electron chi connectivity index (χ3n) is 11.3. The van der Waals surface area contributed by atoms with Crippen LogP contribution in [0.15, 0.2) is 224 Å². The normalized spacial score (nSPS) is 11.8. The summed E-state index contributed by atoms with van der Waals surface area (Å²) in [5.41, 5.74) is 19.2. The molecule has 58 heavy (non-hydrogen) atoms. The summed E-state index contributed by atoms with van der Waals surface area (Å²) in [7, 11) is 0. The molecule has 0 unspecified atom stereocenters. The minimum Gasteiger partial charge on any atom is -0.309 e. The highest BCUT2D eigenvalue weighted by Crippen LogP contribution is 2.55. The predicted octanol–water partition coefficient (Wildman–Crippen LogP) is 14.8. The molecule has 10 aromatic rings. The number of hydrogen-bond acceptors (Lipinski definition) is 2. The molecular weight excluding hydrogens is 703 g/mol. The number of aromatic nitrogens is 2. The van der Waals surface area contributed by atoms with E-state index in [1.807, 2.05) is 6.07 Å². The van der Waals surface area contributed by atoms with E-state index in [-0.39, 0.29) is 0 Å². The zero-order valence-electron chi connectivity index (χ0n) is 31.7. The SMILES string of the molecule is c1ccc(-c2cc(-c3ccccc3)nc(-c3ccc(N4c5ccccc5-c5c(n(-c6ccccc6)c6c(-c7ccccc7)cccc56)-c5ccccc54)cc3)c2)cc1. The van der Waals surface area contributed by atoms with Crippen molar-refractivity contribution < 1.29 is 0 Å². The summed E-state index contributed by atoms with van der Waals surface area (Å²) in [6.45, 7) is 0. The maximum Gasteiger partial charge on any atom is 0.0715 e. The first-order valence-corrected chi connectivity index (χ1v) is 19.8. The van der Waals surface area contributed by atoms with Gasteiger partial charge in [0.05, 0.1) is 34.0 Å². The lowest BCUT2D eigenvalue weighted by Gasteiger charge is -2.28. The van der Waals surface area contributed by atoms with Gasteiger partial charge in [0.1, 0.15) is 0 Å². The molecular formula is C55H37N3. The highest BCUT2D eigenvalue weighted by atomic mass is 15.2. The fraction of sp³-hybridized carbons (Fsp3) is 0. The van der Waals surface area contributed by atoms with E-state index in [2.05, 4.69) is 228 Å². The molecule has 0 saturated carbocycles. The third-order valence-corrected chi connectivity index (χ3v) is 11.3. The second kappa shape index (κ2) is 14.1. The Morgan fingerprint density at radius 2 is 0.828 bits per heavy atom. The van der Waals surface area contributed by atoms with Gasteiger partial charge in [-0.2, -0.15) is 0 Å². The molecule has 0 bridgehead atoms. The van der Waals surface area contributed by atoms with Gasteiger partial charge in [0, 0.05) is 50.1 Å². The molecule has 2 aromatic heterocycles. The topological polar surface area (TPSA) is 21.1 Å². The summed E-state index contributed by atoms with van der Waals surface area (Å²) >= 11 is 0. The molecule has 0 fully saturated rings. The van der Waals surface area contributed by atoms with Crippen LogP contribution in [0.5, 0.6) is 0 Å². The Kier molecular flexibility index (Phi) is 8.15. The van der Waals surface area contributed by atoms with E-state index in [1.165, 1.54) is 50.0 Å². The van der Waals surface area contributed by atoms with Crippen LogP contribution < -0.4 is 4.90 Å². The lowest BCUT2D eigenvalue weighted by molar-refractivity contribution is 1.13. The Morgan fingerprint density at radius 3 is 1.48 bits per heavy atom. The van der Waals surface area contributed by atoms with Crippen LogP contribution >= 0.6 is 0 Å². The van der Waals surface area contributed by atoms with Gasteiger partial charge in [-0.3, -0.25) is 0 Å². The van der Waals surface area contributed by atoms with Crippen LogP contribution in [0.25, 0.3) is 83.7 Å². The molecule has 8 aromatic carbocycles. The van der Waals surface area contributed by atoms with Gasteiger partial charge >= 0.3 is 0 Å². The molecule has 0 aliphatic carbocycles. The van der Waals surface area contributed by atoms with Crippen molar-refractivity contribution in [2.45, 2.75) is 0 Å². The Bertz CT molecular complexity index is 3020. The molecule has 1 aliphatic heterocycles. The summed E-state index contributed by atoms with van der Waals surface area (Å²) < 4.78 is 2.49. The average Bonchev–Trinajstić information content (AvgIpc) is 3.60.